The highest BCUT2D eigenvalue weighted by Crippen LogP contribution is 2.33. The molecule has 0 radical (unpaired) electrons. The smallest absolute Gasteiger partial charge is 0.291 e. The van der Waals surface area contributed by atoms with Gasteiger partial charge >= 0.3 is 0 Å². The molecule has 180 valence electrons. The van der Waals surface area contributed by atoms with E-state index < -0.39 is 5.91 Å². The molecule has 0 bridgehead atoms. The zero-order chi connectivity index (χ0) is 24.8. The number of nitrogens with one attached hydrogen (secondary N) is 2. The summed E-state index contributed by atoms with van der Waals surface area (Å²) in [7, 11) is 2.04. The van der Waals surface area contributed by atoms with Gasteiger partial charge in [-0.25, -0.2) is 0 Å². The summed E-state index contributed by atoms with van der Waals surface area (Å²) in [6, 6.07) is 22.4. The van der Waals surface area contributed by atoms with Gasteiger partial charge in [0, 0.05) is 29.7 Å². The Hall–Kier alpha value is -3.61. The molecule has 0 aliphatic carbocycles. The molecule has 6 nitrogen and oxygen atoms in total. The average Bonchev–Trinajstić information content (AvgIpc) is 2.85. The van der Waals surface area contributed by atoms with Gasteiger partial charge in [-0.05, 0) is 54.9 Å². The monoisotopic (exact) mass is 489 g/mol. The van der Waals surface area contributed by atoms with E-state index in [4.69, 9.17) is 16.3 Å². The second kappa shape index (κ2) is 11.2. The lowest BCUT2D eigenvalue weighted by molar-refractivity contribution is -0.115. The number of nitrogens with zero attached hydrogens (tertiary/aromatic N) is 1. The highest BCUT2D eigenvalue weighted by Gasteiger charge is 2.24. The van der Waals surface area contributed by atoms with E-state index in [0.29, 0.717) is 27.6 Å². The lowest BCUT2D eigenvalue weighted by Crippen LogP contribution is -2.42. The number of anilines is 1. The average molecular weight is 490 g/mol. The summed E-state index contributed by atoms with van der Waals surface area (Å²) in [5.41, 5.74) is 2.81. The third-order valence-electron chi connectivity index (χ3n) is 5.78. The molecule has 1 aliphatic rings. The minimum atomic E-state index is -0.399. The van der Waals surface area contributed by atoms with Crippen molar-refractivity contribution < 1.29 is 14.3 Å². The minimum Gasteiger partial charge on any atom is -0.449 e. The van der Waals surface area contributed by atoms with Gasteiger partial charge in [0.2, 0.25) is 0 Å². The number of carbonyl (C=O) groups excluding carboxylic acids is 2. The van der Waals surface area contributed by atoms with Crippen molar-refractivity contribution in [1.29, 1.82) is 0 Å². The highest BCUT2D eigenvalue weighted by molar-refractivity contribution is 6.32. The summed E-state index contributed by atoms with van der Waals surface area (Å²) in [6.07, 6.45) is 2.39. The fraction of sp³-hybridized carbons (Fsp3) is 0.214. The number of likely N-dealkylation sites (N-methyl/N-ethyl adjacent to an activating group) is 1. The molecule has 0 spiro atoms. The SMILES string of the molecule is CCC(CN(C)Cc1ccccc1)NC(=O)c1ccc2c(c1)NC(=O)C(=Cc1ccccc1Cl)O2. The summed E-state index contributed by atoms with van der Waals surface area (Å²) in [6.45, 7) is 3.58. The van der Waals surface area contributed by atoms with Crippen LogP contribution in [0.3, 0.4) is 0 Å². The second-order valence-corrected chi connectivity index (χ2v) is 8.97. The maximum atomic E-state index is 13.0. The molecule has 0 saturated heterocycles. The molecule has 2 amide bonds. The first kappa shape index (κ1) is 24.5. The summed E-state index contributed by atoms with van der Waals surface area (Å²) in [5.74, 6) is 0.00718. The van der Waals surface area contributed by atoms with Gasteiger partial charge in [0.15, 0.2) is 11.5 Å². The molecular formula is C28H28ClN3O3. The van der Waals surface area contributed by atoms with Crippen LogP contribution in [0.25, 0.3) is 6.08 Å². The van der Waals surface area contributed by atoms with Crippen LogP contribution in [-0.2, 0) is 11.3 Å². The van der Waals surface area contributed by atoms with Crippen LogP contribution < -0.4 is 15.4 Å². The zero-order valence-corrected chi connectivity index (χ0v) is 20.5. The van der Waals surface area contributed by atoms with Crippen molar-refractivity contribution in [1.82, 2.24) is 10.2 Å². The molecular weight excluding hydrogens is 462 g/mol. The predicted octanol–water partition coefficient (Wildman–Crippen LogP) is 5.35. The summed E-state index contributed by atoms with van der Waals surface area (Å²) in [5, 5.41) is 6.44. The van der Waals surface area contributed by atoms with Gasteiger partial charge in [-0.15, -0.1) is 0 Å². The van der Waals surface area contributed by atoms with Crippen LogP contribution in [0, 0.1) is 0 Å². The standard InChI is InChI=1S/C28H28ClN3O3/c1-3-22(18-32(2)17-19-9-5-4-6-10-19)30-27(33)21-13-14-25-24(15-21)31-28(34)26(35-25)16-20-11-7-8-12-23(20)29/h4-16,22H,3,17-18H2,1-2H3,(H,30,33)(H,31,34). The predicted molar refractivity (Wildman–Crippen MR) is 139 cm³/mol. The quantitative estimate of drug-likeness (QED) is 0.418. The van der Waals surface area contributed by atoms with Gasteiger partial charge < -0.3 is 20.3 Å². The van der Waals surface area contributed by atoms with Crippen LogP contribution in [0.1, 0.15) is 34.8 Å². The van der Waals surface area contributed by atoms with E-state index in [9.17, 15) is 9.59 Å². The first-order valence-corrected chi connectivity index (χ1v) is 11.9. The molecule has 1 aliphatic heterocycles. The lowest BCUT2D eigenvalue weighted by Gasteiger charge is -2.25. The number of carbonyl (C=O) groups is 2. The Balaban J connectivity index is 1.41. The number of rotatable bonds is 8. The number of hydrogen-bond acceptors (Lipinski definition) is 4. The molecule has 0 saturated carbocycles. The van der Waals surface area contributed by atoms with Crippen molar-refractivity contribution in [2.75, 3.05) is 18.9 Å². The number of halogens is 1. The Kier molecular flexibility index (Phi) is 7.85. The van der Waals surface area contributed by atoms with E-state index >= 15 is 0 Å². The van der Waals surface area contributed by atoms with E-state index in [2.05, 4.69) is 34.6 Å². The largest absolute Gasteiger partial charge is 0.449 e. The Morgan fingerprint density at radius 1 is 1.11 bits per heavy atom. The number of hydrogen-bond donors (Lipinski definition) is 2. The van der Waals surface area contributed by atoms with Gasteiger partial charge in [0.25, 0.3) is 11.8 Å². The van der Waals surface area contributed by atoms with Gasteiger partial charge in [-0.1, -0.05) is 67.1 Å². The number of fused-ring (bicyclic) bond motifs is 1. The summed E-state index contributed by atoms with van der Waals surface area (Å²) in [4.78, 5) is 27.7. The zero-order valence-electron chi connectivity index (χ0n) is 19.8. The second-order valence-electron chi connectivity index (χ2n) is 8.56. The molecule has 35 heavy (non-hydrogen) atoms. The van der Waals surface area contributed by atoms with E-state index in [1.807, 2.05) is 37.4 Å². The highest BCUT2D eigenvalue weighted by atomic mass is 35.5. The number of amides is 2. The van der Waals surface area contributed by atoms with Crippen LogP contribution >= 0.6 is 11.6 Å². The Bertz CT molecular complexity index is 1240. The van der Waals surface area contributed by atoms with Crippen LogP contribution in [0.2, 0.25) is 5.02 Å². The molecule has 4 rings (SSSR count). The molecule has 1 heterocycles. The normalized spacial score (nSPS) is 14.7. The Labute approximate surface area is 210 Å². The first-order valence-electron chi connectivity index (χ1n) is 11.6. The van der Waals surface area contributed by atoms with Crippen molar-refractivity contribution in [3.63, 3.8) is 0 Å². The molecule has 2 N–H and O–H groups in total. The van der Waals surface area contributed by atoms with E-state index in [1.54, 1.807) is 36.4 Å². The third-order valence-corrected chi connectivity index (χ3v) is 6.13. The Morgan fingerprint density at radius 2 is 1.86 bits per heavy atom. The maximum absolute atomic E-state index is 13.0. The molecule has 3 aromatic rings. The maximum Gasteiger partial charge on any atom is 0.291 e. The van der Waals surface area contributed by atoms with Crippen molar-refractivity contribution in [3.8, 4) is 5.75 Å². The molecule has 7 heteroatoms. The minimum absolute atomic E-state index is 0.0109. The molecule has 3 aromatic carbocycles. The Morgan fingerprint density at radius 3 is 2.60 bits per heavy atom. The molecule has 1 unspecified atom stereocenters. The van der Waals surface area contributed by atoms with Gasteiger partial charge in [0.1, 0.15) is 0 Å². The third kappa shape index (κ3) is 6.29. The van der Waals surface area contributed by atoms with E-state index in [-0.39, 0.29) is 17.7 Å². The van der Waals surface area contributed by atoms with Crippen LogP contribution in [0.15, 0.2) is 78.6 Å². The summed E-state index contributed by atoms with van der Waals surface area (Å²) >= 11 is 6.19. The van der Waals surface area contributed by atoms with Crippen molar-refractivity contribution >= 4 is 35.2 Å². The van der Waals surface area contributed by atoms with E-state index in [0.717, 1.165) is 19.5 Å². The first-order chi connectivity index (χ1) is 16.9. The lowest BCUT2D eigenvalue weighted by atomic mass is 10.1. The van der Waals surface area contributed by atoms with Crippen molar-refractivity contribution in [2.24, 2.45) is 0 Å². The van der Waals surface area contributed by atoms with Crippen LogP contribution in [0.5, 0.6) is 5.75 Å². The van der Waals surface area contributed by atoms with Gasteiger partial charge in [0.05, 0.1) is 5.69 Å². The van der Waals surface area contributed by atoms with Gasteiger partial charge in [-0.2, -0.15) is 0 Å². The fourth-order valence-corrected chi connectivity index (χ4v) is 4.11. The van der Waals surface area contributed by atoms with Crippen LogP contribution in [0.4, 0.5) is 5.69 Å². The molecule has 0 aromatic heterocycles. The topological polar surface area (TPSA) is 70.7 Å². The van der Waals surface area contributed by atoms with Crippen molar-refractivity contribution in [3.05, 3.63) is 100 Å². The van der Waals surface area contributed by atoms with Crippen molar-refractivity contribution in [2.45, 2.75) is 25.9 Å². The fourth-order valence-electron chi connectivity index (χ4n) is 3.92. The van der Waals surface area contributed by atoms with Gasteiger partial charge in [-0.3, -0.25) is 9.59 Å². The summed E-state index contributed by atoms with van der Waals surface area (Å²) < 4.78 is 5.80. The number of ether oxygens (including phenoxy) is 1. The molecule has 1 atom stereocenters. The molecule has 0 fully saturated rings. The number of benzene rings is 3. The van der Waals surface area contributed by atoms with Crippen LogP contribution in [-0.4, -0.2) is 36.3 Å². The van der Waals surface area contributed by atoms with E-state index in [1.165, 1.54) is 5.56 Å².